The Labute approximate surface area is 200 Å². The molecule has 6 nitrogen and oxygen atoms in total. The maximum atomic E-state index is 12.9. The highest BCUT2D eigenvalue weighted by molar-refractivity contribution is 9.10. The minimum atomic E-state index is -4.01. The van der Waals surface area contributed by atoms with Gasteiger partial charge in [-0.2, -0.15) is 8.42 Å². The van der Waals surface area contributed by atoms with Crippen LogP contribution in [0.3, 0.4) is 0 Å². The fourth-order valence-electron chi connectivity index (χ4n) is 4.67. The molecular formula is C25H21BrO6S. The highest BCUT2D eigenvalue weighted by Crippen LogP contribution is 2.48. The van der Waals surface area contributed by atoms with Crippen molar-refractivity contribution in [3.8, 4) is 5.75 Å². The van der Waals surface area contributed by atoms with E-state index < -0.39 is 16.0 Å². The highest BCUT2D eigenvalue weighted by Gasteiger charge is 2.41. The average molecular weight is 529 g/mol. The lowest BCUT2D eigenvalue weighted by molar-refractivity contribution is -0.117. The Balaban J connectivity index is 1.55. The van der Waals surface area contributed by atoms with Gasteiger partial charge in [0.15, 0.2) is 17.3 Å². The first kappa shape index (κ1) is 22.1. The lowest BCUT2D eigenvalue weighted by Gasteiger charge is -2.36. The molecule has 0 fully saturated rings. The number of benzene rings is 2. The zero-order valence-corrected chi connectivity index (χ0v) is 20.1. The van der Waals surface area contributed by atoms with Crippen molar-refractivity contribution in [2.75, 3.05) is 0 Å². The van der Waals surface area contributed by atoms with Crippen molar-refractivity contribution in [3.63, 3.8) is 0 Å². The van der Waals surface area contributed by atoms with E-state index in [1.807, 2.05) is 0 Å². The van der Waals surface area contributed by atoms with Gasteiger partial charge in [0.2, 0.25) is 0 Å². The predicted octanol–water partition coefficient (Wildman–Crippen LogP) is 5.34. The molecule has 5 rings (SSSR count). The van der Waals surface area contributed by atoms with Crippen molar-refractivity contribution in [1.29, 1.82) is 0 Å². The van der Waals surface area contributed by atoms with Crippen LogP contribution in [-0.4, -0.2) is 20.0 Å². The van der Waals surface area contributed by atoms with Gasteiger partial charge in [0.1, 0.15) is 16.4 Å². The Kier molecular flexibility index (Phi) is 5.74. The Bertz CT molecular complexity index is 1280. The maximum Gasteiger partial charge on any atom is 0.339 e. The second-order valence-electron chi connectivity index (χ2n) is 8.30. The SMILES string of the molecule is O=C1CCCC2=C1C(c1ccc(OS(=O)(=O)c3ccccc3)c(Br)c1)C1=C(CCCC1=O)O2. The maximum absolute atomic E-state index is 12.9. The smallest absolute Gasteiger partial charge is 0.339 e. The Morgan fingerprint density at radius 2 is 1.45 bits per heavy atom. The molecule has 0 N–H and O–H groups in total. The summed E-state index contributed by atoms with van der Waals surface area (Å²) in [5.74, 6) is 0.924. The van der Waals surface area contributed by atoms with Gasteiger partial charge in [-0.3, -0.25) is 9.59 Å². The first-order valence-corrected chi connectivity index (χ1v) is 13.0. The van der Waals surface area contributed by atoms with Gasteiger partial charge < -0.3 is 8.92 Å². The lowest BCUT2D eigenvalue weighted by atomic mass is 9.73. The molecule has 33 heavy (non-hydrogen) atoms. The number of Topliss-reactive ketones (excluding diaryl/α,β-unsaturated/α-hetero) is 2. The molecule has 0 saturated carbocycles. The summed E-state index contributed by atoms with van der Waals surface area (Å²) in [6.45, 7) is 0. The third-order valence-electron chi connectivity index (χ3n) is 6.16. The van der Waals surface area contributed by atoms with Crippen molar-refractivity contribution in [2.24, 2.45) is 0 Å². The van der Waals surface area contributed by atoms with Crippen molar-refractivity contribution in [2.45, 2.75) is 49.3 Å². The molecule has 0 unspecified atom stereocenters. The average Bonchev–Trinajstić information content (AvgIpc) is 2.80. The molecule has 0 radical (unpaired) electrons. The predicted molar refractivity (Wildman–Crippen MR) is 124 cm³/mol. The highest BCUT2D eigenvalue weighted by atomic mass is 79.9. The van der Waals surface area contributed by atoms with Crippen molar-refractivity contribution < 1.29 is 26.9 Å². The second-order valence-corrected chi connectivity index (χ2v) is 10.7. The van der Waals surface area contributed by atoms with Crippen LogP contribution in [0, 0.1) is 0 Å². The van der Waals surface area contributed by atoms with E-state index in [2.05, 4.69) is 15.9 Å². The number of ketones is 2. The number of halogens is 1. The van der Waals surface area contributed by atoms with Crippen LogP contribution in [0.4, 0.5) is 0 Å². The number of hydrogen-bond donors (Lipinski definition) is 0. The molecule has 0 saturated heterocycles. The number of ether oxygens (including phenoxy) is 1. The van der Waals surface area contributed by atoms with Gasteiger partial charge in [0.05, 0.1) is 4.47 Å². The van der Waals surface area contributed by atoms with Crippen molar-refractivity contribution >= 4 is 37.6 Å². The second kappa shape index (κ2) is 8.57. The normalized spacial score (nSPS) is 19.2. The first-order valence-electron chi connectivity index (χ1n) is 10.8. The summed E-state index contributed by atoms with van der Waals surface area (Å²) >= 11 is 3.42. The molecule has 2 aromatic carbocycles. The molecule has 1 aliphatic heterocycles. The van der Waals surface area contributed by atoms with Crippen molar-refractivity contribution in [1.82, 2.24) is 0 Å². The molecule has 0 spiro atoms. The van der Waals surface area contributed by atoms with E-state index in [0.717, 1.165) is 18.4 Å². The number of hydrogen-bond acceptors (Lipinski definition) is 6. The Morgan fingerprint density at radius 1 is 0.848 bits per heavy atom. The van der Waals surface area contributed by atoms with Crippen LogP contribution in [0.1, 0.15) is 50.0 Å². The first-order chi connectivity index (χ1) is 15.8. The third-order valence-corrected chi connectivity index (χ3v) is 8.03. The Morgan fingerprint density at radius 3 is 2.03 bits per heavy atom. The van der Waals surface area contributed by atoms with E-state index in [0.29, 0.717) is 52.8 Å². The van der Waals surface area contributed by atoms with Crippen LogP contribution >= 0.6 is 15.9 Å². The van der Waals surface area contributed by atoms with E-state index in [9.17, 15) is 18.0 Å². The van der Waals surface area contributed by atoms with Crippen molar-refractivity contribution in [3.05, 3.63) is 81.2 Å². The van der Waals surface area contributed by atoms with E-state index >= 15 is 0 Å². The van der Waals surface area contributed by atoms with Crippen LogP contribution in [0.15, 0.2) is 80.6 Å². The van der Waals surface area contributed by atoms with Gasteiger partial charge >= 0.3 is 10.1 Å². The zero-order chi connectivity index (χ0) is 23.2. The molecular weight excluding hydrogens is 508 g/mol. The fourth-order valence-corrected chi connectivity index (χ4v) is 6.22. The molecule has 1 heterocycles. The number of carbonyl (C=O) groups excluding carboxylic acids is 2. The van der Waals surface area contributed by atoms with E-state index in [1.165, 1.54) is 12.1 Å². The number of rotatable bonds is 4. The minimum Gasteiger partial charge on any atom is -0.465 e. The summed E-state index contributed by atoms with van der Waals surface area (Å²) < 4.78 is 37.1. The molecule has 170 valence electrons. The third kappa shape index (κ3) is 4.06. The molecule has 0 aromatic heterocycles. The summed E-state index contributed by atoms with van der Waals surface area (Å²) in [5, 5.41) is 0. The van der Waals surface area contributed by atoms with Gasteiger partial charge in [-0.25, -0.2) is 0 Å². The fraction of sp³-hybridized carbons (Fsp3) is 0.280. The van der Waals surface area contributed by atoms with Gasteiger partial charge in [-0.1, -0.05) is 24.3 Å². The standard InChI is InChI=1S/C25H21BrO6S/c26-17-14-15(12-13-20(17)32-33(29,30)16-6-2-1-3-7-16)23-24-18(27)8-4-10-21(24)31-22-11-5-9-19(28)25(22)23/h1-3,6-7,12-14,23H,4-5,8-11H2. The molecule has 0 atom stereocenters. The summed E-state index contributed by atoms with van der Waals surface area (Å²) in [7, 11) is -4.01. The quantitative estimate of drug-likeness (QED) is 0.497. The van der Waals surface area contributed by atoms with E-state index in [4.69, 9.17) is 8.92 Å². The van der Waals surface area contributed by atoms with Gasteiger partial charge in [-0.05, 0) is 58.6 Å². The molecule has 2 aromatic rings. The largest absolute Gasteiger partial charge is 0.465 e. The van der Waals surface area contributed by atoms with Crippen LogP contribution in [0.2, 0.25) is 0 Å². The van der Waals surface area contributed by atoms with Crippen LogP contribution in [-0.2, 0) is 24.4 Å². The topological polar surface area (TPSA) is 86.7 Å². The summed E-state index contributed by atoms with van der Waals surface area (Å²) in [5.41, 5.74) is 1.82. The lowest BCUT2D eigenvalue weighted by Crippen LogP contribution is -2.30. The minimum absolute atomic E-state index is 0.00530. The van der Waals surface area contributed by atoms with Gasteiger partial charge in [-0.15, -0.1) is 0 Å². The van der Waals surface area contributed by atoms with Gasteiger partial charge in [0.25, 0.3) is 0 Å². The van der Waals surface area contributed by atoms with Crippen LogP contribution in [0.5, 0.6) is 5.75 Å². The molecule has 8 heteroatoms. The Hall–Kier alpha value is -2.71. The monoisotopic (exact) mass is 528 g/mol. The van der Waals surface area contributed by atoms with Crippen LogP contribution < -0.4 is 4.18 Å². The molecule has 0 bridgehead atoms. The van der Waals surface area contributed by atoms with E-state index in [1.54, 1.807) is 36.4 Å². The van der Waals surface area contributed by atoms with Gasteiger partial charge in [0, 0.05) is 42.7 Å². The number of allylic oxidation sites excluding steroid dienone is 4. The van der Waals surface area contributed by atoms with E-state index in [-0.39, 0.29) is 22.2 Å². The molecule has 3 aliphatic rings. The summed E-state index contributed by atoms with van der Waals surface area (Å²) in [6.07, 6.45) is 3.64. The van der Waals surface area contributed by atoms with Crippen LogP contribution in [0.25, 0.3) is 0 Å². The zero-order valence-electron chi connectivity index (χ0n) is 17.7. The summed E-state index contributed by atoms with van der Waals surface area (Å²) in [6, 6.07) is 12.9. The number of carbonyl (C=O) groups is 2. The molecule has 0 amide bonds. The summed E-state index contributed by atoms with van der Waals surface area (Å²) in [4.78, 5) is 25.9. The molecule has 2 aliphatic carbocycles.